The van der Waals surface area contributed by atoms with Crippen LogP contribution in [0.3, 0.4) is 0 Å². The highest BCUT2D eigenvalue weighted by molar-refractivity contribution is 5.70. The molecule has 2 unspecified atom stereocenters. The number of hydrogen-bond acceptors (Lipinski definition) is 8. The summed E-state index contributed by atoms with van der Waals surface area (Å²) in [7, 11) is 5.93. The van der Waals surface area contributed by atoms with Crippen LogP contribution in [-0.2, 0) is 33.3 Å². The second-order valence-corrected chi connectivity index (χ2v) is 24.4. The van der Waals surface area contributed by atoms with Gasteiger partial charge < -0.3 is 33.3 Å². The van der Waals surface area contributed by atoms with Crippen LogP contribution in [0.25, 0.3) is 0 Å². The molecule has 0 aromatic heterocycles. The zero-order valence-electron chi connectivity index (χ0n) is 54.4. The summed E-state index contributed by atoms with van der Waals surface area (Å²) in [4.78, 5) is 37.4. The molecule has 0 spiro atoms. The minimum Gasteiger partial charge on any atom is -0.545 e. The van der Waals surface area contributed by atoms with Crippen molar-refractivity contribution in [1.29, 1.82) is 0 Å². The fourth-order valence-electron chi connectivity index (χ4n) is 9.91. The maximum Gasteiger partial charge on any atom is 0.306 e. The Morgan fingerprint density at radius 1 is 0.378 bits per heavy atom. The number of unbranched alkanes of at least 4 members (excludes halogenated alkanes) is 37. The van der Waals surface area contributed by atoms with Crippen molar-refractivity contribution in [2.75, 3.05) is 47.5 Å². The van der Waals surface area contributed by atoms with Gasteiger partial charge >= 0.3 is 11.9 Å². The number of carboxylic acids is 1. The maximum atomic E-state index is 12.9. The van der Waals surface area contributed by atoms with Gasteiger partial charge in [0.25, 0.3) is 0 Å². The summed E-state index contributed by atoms with van der Waals surface area (Å²) < 4.78 is 22.8. The lowest BCUT2D eigenvalue weighted by molar-refractivity contribution is -0.870. The first-order chi connectivity index (χ1) is 40.1. The molecule has 0 radical (unpaired) electrons. The molecule has 0 aliphatic rings. The number of carbonyl (C=O) groups is 3. The van der Waals surface area contributed by atoms with E-state index in [1.165, 1.54) is 218 Å². The van der Waals surface area contributed by atoms with Crippen LogP contribution in [0, 0.1) is 0 Å². The number of rotatable bonds is 64. The van der Waals surface area contributed by atoms with Gasteiger partial charge in [0.15, 0.2) is 12.4 Å². The average molecular weight is 1150 g/mol. The molecule has 0 amide bonds. The van der Waals surface area contributed by atoms with E-state index >= 15 is 0 Å². The van der Waals surface area contributed by atoms with Crippen molar-refractivity contribution in [2.45, 2.75) is 328 Å². The Morgan fingerprint density at radius 2 is 0.695 bits per heavy atom. The molecule has 9 heteroatoms. The van der Waals surface area contributed by atoms with Crippen molar-refractivity contribution < 1.29 is 42.9 Å². The lowest BCUT2D eigenvalue weighted by Crippen LogP contribution is -2.44. The Balaban J connectivity index is 3.99. The van der Waals surface area contributed by atoms with Gasteiger partial charge in [-0.3, -0.25) is 9.59 Å². The summed E-state index contributed by atoms with van der Waals surface area (Å²) in [5.74, 6) is -2.27. The third kappa shape index (κ3) is 64.3. The number of ether oxygens (including phenoxy) is 4. The molecule has 9 nitrogen and oxygen atoms in total. The van der Waals surface area contributed by atoms with Gasteiger partial charge in [-0.05, 0) is 83.5 Å². The number of carbonyl (C=O) groups excluding carboxylic acids is 3. The molecule has 2 atom stereocenters. The summed E-state index contributed by atoms with van der Waals surface area (Å²) in [5.41, 5.74) is 0. The molecule has 0 bridgehead atoms. The highest BCUT2D eigenvalue weighted by Gasteiger charge is 2.22. The summed E-state index contributed by atoms with van der Waals surface area (Å²) >= 11 is 0. The van der Waals surface area contributed by atoms with Crippen molar-refractivity contribution in [3.63, 3.8) is 0 Å². The number of likely N-dealkylation sites (N-methyl/N-ethyl adjacent to an activating group) is 1. The monoisotopic (exact) mass is 1150 g/mol. The predicted molar refractivity (Wildman–Crippen MR) is 348 cm³/mol. The molecular weight excluding hydrogens is 1020 g/mol. The molecule has 0 rings (SSSR count). The summed E-state index contributed by atoms with van der Waals surface area (Å²) in [6.07, 6.45) is 81.4. The fourth-order valence-corrected chi connectivity index (χ4v) is 9.91. The quantitative estimate of drug-likeness (QED) is 0.0195. The van der Waals surface area contributed by atoms with Crippen molar-refractivity contribution in [2.24, 2.45) is 0 Å². The van der Waals surface area contributed by atoms with Crippen LogP contribution in [0.15, 0.2) is 72.9 Å². The summed E-state index contributed by atoms with van der Waals surface area (Å²) in [6.45, 7) is 4.67. The van der Waals surface area contributed by atoms with Crippen LogP contribution >= 0.6 is 0 Å². The minimum atomic E-state index is -1.62. The summed E-state index contributed by atoms with van der Waals surface area (Å²) in [5, 5.41) is 11.8. The van der Waals surface area contributed by atoms with E-state index in [0.29, 0.717) is 17.4 Å². The Hall–Kier alpha value is -3.27. The SMILES string of the molecule is CC/C=C\C/C=C\C/C=C\C/C=C\C/C=C\CCCCCCCCCCCCCCCCCCCCCCCCCC(=O)OC(COC(=O)CCCCCCCCC/C=C\CCCCCCCCC)COC(OCC[N+](C)(C)C)C(=O)[O-]. The van der Waals surface area contributed by atoms with E-state index in [9.17, 15) is 19.5 Å². The number of aliphatic carboxylic acids is 1. The zero-order chi connectivity index (χ0) is 59.8. The third-order valence-electron chi connectivity index (χ3n) is 15.2. The van der Waals surface area contributed by atoms with Crippen LogP contribution in [0.2, 0.25) is 0 Å². The largest absolute Gasteiger partial charge is 0.545 e. The van der Waals surface area contributed by atoms with Gasteiger partial charge in [0.1, 0.15) is 13.2 Å². The lowest BCUT2D eigenvalue weighted by atomic mass is 10.0. The number of nitrogens with zero attached hydrogens (tertiary/aromatic N) is 1. The highest BCUT2D eigenvalue weighted by Crippen LogP contribution is 2.18. The maximum absolute atomic E-state index is 12.9. The van der Waals surface area contributed by atoms with Gasteiger partial charge in [0.2, 0.25) is 0 Å². The first kappa shape index (κ1) is 78.7. The first-order valence-corrected chi connectivity index (χ1v) is 34.6. The Labute approximate surface area is 507 Å². The molecule has 0 saturated carbocycles. The van der Waals surface area contributed by atoms with E-state index in [1.807, 2.05) is 21.1 Å². The molecule has 0 aliphatic carbocycles. The molecule has 0 fully saturated rings. The molecule has 0 saturated heterocycles. The van der Waals surface area contributed by atoms with E-state index in [0.717, 1.165) is 64.2 Å². The van der Waals surface area contributed by atoms with Crippen molar-refractivity contribution in [1.82, 2.24) is 0 Å². The Bertz CT molecular complexity index is 1570. The van der Waals surface area contributed by atoms with E-state index in [4.69, 9.17) is 18.9 Å². The number of carboxylic acid groups (broad SMARTS) is 1. The molecular formula is C73H131NO8. The molecule has 0 aliphatic heterocycles. The molecule has 476 valence electrons. The zero-order valence-corrected chi connectivity index (χ0v) is 54.4. The van der Waals surface area contributed by atoms with Gasteiger partial charge in [0, 0.05) is 12.8 Å². The van der Waals surface area contributed by atoms with Crippen LogP contribution < -0.4 is 5.11 Å². The molecule has 0 aromatic rings. The van der Waals surface area contributed by atoms with Gasteiger partial charge in [-0.25, -0.2) is 0 Å². The van der Waals surface area contributed by atoms with E-state index in [-0.39, 0.29) is 38.6 Å². The number of allylic oxidation sites excluding steroid dienone is 12. The molecule has 0 aromatic carbocycles. The van der Waals surface area contributed by atoms with Crippen LogP contribution in [-0.4, -0.2) is 82.3 Å². The normalized spacial score (nSPS) is 13.1. The topological polar surface area (TPSA) is 111 Å². The van der Waals surface area contributed by atoms with Crippen LogP contribution in [0.1, 0.15) is 316 Å². The van der Waals surface area contributed by atoms with Crippen molar-refractivity contribution in [3.8, 4) is 0 Å². The standard InChI is InChI=1S/C73H131NO8/c1-6-8-10-12-14-16-18-20-22-24-26-27-28-29-30-31-32-33-34-35-36-37-38-39-40-41-42-43-44-45-46-48-50-52-54-56-58-60-62-64-71(76)82-69(68-81-73(72(77)78)79-66-65-74(3,4)5)67-80-70(75)63-61-59-57-55-53-51-49-47-25-23-21-19-17-15-13-11-9-7-2/h8,10,14,16,20,22-23,25-27,29-30,69,73H,6-7,9,11-13,15,17-19,21,24,28,31-68H2,1-5H3/b10-8-,16-14-,22-20-,25-23-,27-26-,30-29-. The number of esters is 2. The fraction of sp³-hybridized carbons (Fsp3) is 0.795. The third-order valence-corrected chi connectivity index (χ3v) is 15.2. The molecule has 0 heterocycles. The van der Waals surface area contributed by atoms with Gasteiger partial charge in [-0.15, -0.1) is 0 Å². The first-order valence-electron chi connectivity index (χ1n) is 34.6. The number of hydrogen-bond donors (Lipinski definition) is 0. The Kier molecular flexibility index (Phi) is 61.2. The average Bonchev–Trinajstić information content (AvgIpc) is 3.45. The minimum absolute atomic E-state index is 0.148. The van der Waals surface area contributed by atoms with Gasteiger partial charge in [0.05, 0.1) is 40.3 Å². The van der Waals surface area contributed by atoms with E-state index < -0.39 is 24.3 Å². The van der Waals surface area contributed by atoms with Crippen molar-refractivity contribution in [3.05, 3.63) is 72.9 Å². The van der Waals surface area contributed by atoms with Gasteiger partial charge in [-0.2, -0.15) is 0 Å². The molecule has 82 heavy (non-hydrogen) atoms. The Morgan fingerprint density at radius 3 is 1.05 bits per heavy atom. The predicted octanol–water partition coefficient (Wildman–Crippen LogP) is 20.0. The van der Waals surface area contributed by atoms with Gasteiger partial charge in [-0.1, -0.05) is 292 Å². The van der Waals surface area contributed by atoms with E-state index in [2.05, 4.69) is 86.8 Å². The second-order valence-electron chi connectivity index (χ2n) is 24.4. The highest BCUT2D eigenvalue weighted by atomic mass is 16.7. The van der Waals surface area contributed by atoms with E-state index in [1.54, 1.807) is 0 Å². The lowest BCUT2D eigenvalue weighted by Gasteiger charge is -2.26. The van der Waals surface area contributed by atoms with Crippen LogP contribution in [0.5, 0.6) is 0 Å². The van der Waals surface area contributed by atoms with Crippen LogP contribution in [0.4, 0.5) is 0 Å². The van der Waals surface area contributed by atoms with Crippen molar-refractivity contribution >= 4 is 17.9 Å². The second kappa shape index (κ2) is 63.7. The number of quaternary nitrogens is 1. The summed E-state index contributed by atoms with van der Waals surface area (Å²) in [6, 6.07) is 0. The molecule has 0 N–H and O–H groups in total. The smallest absolute Gasteiger partial charge is 0.306 e.